The summed E-state index contributed by atoms with van der Waals surface area (Å²) in [6, 6.07) is 3.94. The molecule has 0 saturated carbocycles. The zero-order chi connectivity index (χ0) is 8.81. The van der Waals surface area contributed by atoms with Gasteiger partial charge in [0, 0.05) is 6.54 Å². The third kappa shape index (κ3) is 2.93. The molecule has 12 heavy (non-hydrogen) atoms. The first-order chi connectivity index (χ1) is 5.83. The van der Waals surface area contributed by atoms with Gasteiger partial charge in [0.05, 0.1) is 0 Å². The lowest BCUT2D eigenvalue weighted by atomic mass is 10.4. The van der Waals surface area contributed by atoms with E-state index in [-0.39, 0.29) is 0 Å². The van der Waals surface area contributed by atoms with Crippen LogP contribution in [0.25, 0.3) is 6.08 Å². The van der Waals surface area contributed by atoms with Crippen molar-refractivity contribution in [3.8, 4) is 0 Å². The Hall–Kier alpha value is -1.02. The maximum absolute atomic E-state index is 5.35. The Kier molecular flexibility index (Phi) is 3.61. The summed E-state index contributed by atoms with van der Waals surface area (Å²) < 4.78 is 5.35. The van der Waals surface area contributed by atoms with Gasteiger partial charge in [0.15, 0.2) is 0 Å². The van der Waals surface area contributed by atoms with Crippen molar-refractivity contribution in [1.29, 1.82) is 0 Å². The molecule has 0 aliphatic heterocycles. The van der Waals surface area contributed by atoms with Gasteiger partial charge in [-0.15, -0.1) is 0 Å². The van der Waals surface area contributed by atoms with Crippen molar-refractivity contribution < 1.29 is 4.42 Å². The minimum atomic E-state index is 0.899. The van der Waals surface area contributed by atoms with E-state index in [0.29, 0.717) is 0 Å². The Morgan fingerprint density at radius 3 is 2.92 bits per heavy atom. The topological polar surface area (TPSA) is 25.2 Å². The van der Waals surface area contributed by atoms with Crippen LogP contribution in [-0.2, 0) is 0 Å². The summed E-state index contributed by atoms with van der Waals surface area (Å²) in [6.45, 7) is 5.93. The fraction of sp³-hybridized carbons (Fsp3) is 0.400. The fourth-order valence-electron chi connectivity index (χ4n) is 0.946. The summed E-state index contributed by atoms with van der Waals surface area (Å²) >= 11 is 0. The van der Waals surface area contributed by atoms with Crippen LogP contribution < -0.4 is 5.32 Å². The molecule has 66 valence electrons. The first kappa shape index (κ1) is 9.07. The van der Waals surface area contributed by atoms with E-state index in [2.05, 4.69) is 18.3 Å². The van der Waals surface area contributed by atoms with E-state index in [1.807, 2.05) is 25.1 Å². The largest absolute Gasteiger partial charge is 0.462 e. The highest BCUT2D eigenvalue weighted by Gasteiger charge is 1.90. The van der Waals surface area contributed by atoms with Crippen LogP contribution in [0.15, 0.2) is 22.6 Å². The van der Waals surface area contributed by atoms with Gasteiger partial charge in [-0.25, -0.2) is 0 Å². The number of hydrogen-bond donors (Lipinski definition) is 1. The Bertz CT molecular complexity index is 250. The highest BCUT2D eigenvalue weighted by molar-refractivity contribution is 5.42. The summed E-state index contributed by atoms with van der Waals surface area (Å²) in [5.41, 5.74) is 0. The third-order valence-corrected chi connectivity index (χ3v) is 1.56. The summed E-state index contributed by atoms with van der Waals surface area (Å²) in [4.78, 5) is 0. The van der Waals surface area contributed by atoms with E-state index in [1.54, 1.807) is 0 Å². The first-order valence-electron chi connectivity index (χ1n) is 4.26. The van der Waals surface area contributed by atoms with Gasteiger partial charge in [-0.3, -0.25) is 0 Å². The molecule has 0 aliphatic rings. The zero-order valence-corrected chi connectivity index (χ0v) is 7.63. The molecule has 1 aromatic rings. The van der Waals surface area contributed by atoms with E-state index < -0.39 is 0 Å². The lowest BCUT2D eigenvalue weighted by Gasteiger charge is -1.91. The summed E-state index contributed by atoms with van der Waals surface area (Å²) in [5.74, 6) is 1.88. The molecule has 2 nitrogen and oxygen atoms in total. The normalized spacial score (nSPS) is 11.2. The van der Waals surface area contributed by atoms with Gasteiger partial charge in [0.2, 0.25) is 0 Å². The van der Waals surface area contributed by atoms with E-state index in [1.165, 1.54) is 0 Å². The number of nitrogens with one attached hydrogen (secondary N) is 1. The van der Waals surface area contributed by atoms with Crippen molar-refractivity contribution in [2.75, 3.05) is 13.1 Å². The predicted molar refractivity (Wildman–Crippen MR) is 51.0 cm³/mol. The molecule has 0 spiro atoms. The molecule has 1 N–H and O–H groups in total. The predicted octanol–water partition coefficient (Wildman–Crippen LogP) is 2.21. The van der Waals surface area contributed by atoms with Crippen LogP contribution in [-0.4, -0.2) is 13.1 Å². The molecule has 0 amide bonds. The molecule has 0 radical (unpaired) electrons. The van der Waals surface area contributed by atoms with Crippen molar-refractivity contribution in [1.82, 2.24) is 5.32 Å². The van der Waals surface area contributed by atoms with Gasteiger partial charge < -0.3 is 9.73 Å². The molecule has 0 aliphatic carbocycles. The second-order valence-electron chi connectivity index (χ2n) is 2.66. The Morgan fingerprint density at radius 2 is 2.33 bits per heavy atom. The van der Waals surface area contributed by atoms with Crippen molar-refractivity contribution in [3.05, 3.63) is 29.7 Å². The molecule has 0 aromatic carbocycles. The monoisotopic (exact) mass is 165 g/mol. The summed E-state index contributed by atoms with van der Waals surface area (Å²) in [6.07, 6.45) is 4.04. The molecule has 1 aromatic heterocycles. The molecule has 0 unspecified atom stereocenters. The van der Waals surface area contributed by atoms with Gasteiger partial charge in [0.25, 0.3) is 0 Å². The molecular formula is C10H15NO. The lowest BCUT2D eigenvalue weighted by Crippen LogP contribution is -2.11. The standard InChI is InChI=1S/C10H15NO/c1-3-11-8-4-5-10-7-6-9(2)12-10/h4-7,11H,3,8H2,1-2H3. The molecule has 1 rings (SSSR count). The Labute approximate surface area is 73.3 Å². The highest BCUT2D eigenvalue weighted by Crippen LogP contribution is 2.07. The smallest absolute Gasteiger partial charge is 0.126 e. The first-order valence-corrected chi connectivity index (χ1v) is 4.26. The maximum Gasteiger partial charge on any atom is 0.126 e. The van der Waals surface area contributed by atoms with Crippen LogP contribution in [0, 0.1) is 6.92 Å². The highest BCUT2D eigenvalue weighted by atomic mass is 16.3. The van der Waals surface area contributed by atoms with Crippen molar-refractivity contribution >= 4 is 6.08 Å². The van der Waals surface area contributed by atoms with Crippen LogP contribution >= 0.6 is 0 Å². The van der Waals surface area contributed by atoms with E-state index in [9.17, 15) is 0 Å². The number of furan rings is 1. The number of aryl methyl sites for hydroxylation is 1. The minimum Gasteiger partial charge on any atom is -0.462 e. The Morgan fingerprint density at radius 1 is 1.50 bits per heavy atom. The van der Waals surface area contributed by atoms with Gasteiger partial charge in [-0.2, -0.15) is 0 Å². The summed E-state index contributed by atoms with van der Waals surface area (Å²) in [5, 5.41) is 3.20. The van der Waals surface area contributed by atoms with Crippen LogP contribution in [0.4, 0.5) is 0 Å². The second-order valence-corrected chi connectivity index (χ2v) is 2.66. The molecule has 2 heteroatoms. The zero-order valence-electron chi connectivity index (χ0n) is 7.63. The SMILES string of the molecule is CCNCC=Cc1ccc(C)o1. The van der Waals surface area contributed by atoms with Crippen molar-refractivity contribution in [2.24, 2.45) is 0 Å². The van der Waals surface area contributed by atoms with Crippen molar-refractivity contribution in [2.45, 2.75) is 13.8 Å². The number of rotatable bonds is 4. The van der Waals surface area contributed by atoms with E-state index in [0.717, 1.165) is 24.6 Å². The average Bonchev–Trinajstić information content (AvgIpc) is 2.45. The van der Waals surface area contributed by atoms with E-state index >= 15 is 0 Å². The van der Waals surface area contributed by atoms with Crippen LogP contribution in [0.3, 0.4) is 0 Å². The summed E-state index contributed by atoms with van der Waals surface area (Å²) in [7, 11) is 0. The molecule has 1 heterocycles. The molecular weight excluding hydrogens is 150 g/mol. The van der Waals surface area contributed by atoms with Crippen LogP contribution in [0.2, 0.25) is 0 Å². The van der Waals surface area contributed by atoms with Gasteiger partial charge in [-0.05, 0) is 31.7 Å². The van der Waals surface area contributed by atoms with Gasteiger partial charge >= 0.3 is 0 Å². The minimum absolute atomic E-state index is 0.899. The Balaban J connectivity index is 2.36. The fourth-order valence-corrected chi connectivity index (χ4v) is 0.946. The molecule has 0 saturated heterocycles. The van der Waals surface area contributed by atoms with Gasteiger partial charge in [-0.1, -0.05) is 13.0 Å². The lowest BCUT2D eigenvalue weighted by molar-refractivity contribution is 0.525. The quantitative estimate of drug-likeness (QED) is 0.692. The van der Waals surface area contributed by atoms with Crippen LogP contribution in [0.1, 0.15) is 18.4 Å². The average molecular weight is 165 g/mol. The number of hydrogen-bond acceptors (Lipinski definition) is 2. The maximum atomic E-state index is 5.35. The molecule has 0 fully saturated rings. The number of likely N-dealkylation sites (N-methyl/N-ethyl adjacent to an activating group) is 1. The second kappa shape index (κ2) is 4.78. The van der Waals surface area contributed by atoms with Crippen molar-refractivity contribution in [3.63, 3.8) is 0 Å². The van der Waals surface area contributed by atoms with Gasteiger partial charge in [0.1, 0.15) is 11.5 Å². The van der Waals surface area contributed by atoms with E-state index in [4.69, 9.17) is 4.42 Å². The molecule has 0 bridgehead atoms. The van der Waals surface area contributed by atoms with Crippen LogP contribution in [0.5, 0.6) is 0 Å². The molecule has 0 atom stereocenters. The third-order valence-electron chi connectivity index (χ3n) is 1.56.